The molecule has 0 aromatic heterocycles. The van der Waals surface area contributed by atoms with Crippen molar-refractivity contribution >= 4 is 17.3 Å². The van der Waals surface area contributed by atoms with E-state index in [1.807, 2.05) is 12.1 Å². The fourth-order valence-corrected chi connectivity index (χ4v) is 3.31. The fraction of sp³-hybridized carbons (Fsp3) is 0.650. The highest BCUT2D eigenvalue weighted by molar-refractivity contribution is 5.92. The SMILES string of the molecule is CC(C)(C)CN(CCCO)CC(=O)Nc1ccc(N2CCCC2)cc1. The van der Waals surface area contributed by atoms with Crippen LogP contribution in [0.3, 0.4) is 0 Å². The molecule has 1 amide bonds. The molecule has 0 saturated carbocycles. The van der Waals surface area contributed by atoms with E-state index in [0.29, 0.717) is 13.0 Å². The Morgan fingerprint density at radius 1 is 1.20 bits per heavy atom. The molecule has 0 aliphatic carbocycles. The first-order chi connectivity index (χ1) is 11.9. The zero-order chi connectivity index (χ0) is 18.3. The Balaban J connectivity index is 1.88. The minimum Gasteiger partial charge on any atom is -0.396 e. The molecule has 1 fully saturated rings. The van der Waals surface area contributed by atoms with Crippen molar-refractivity contribution in [2.24, 2.45) is 5.41 Å². The molecule has 1 aromatic carbocycles. The van der Waals surface area contributed by atoms with E-state index in [0.717, 1.165) is 31.9 Å². The van der Waals surface area contributed by atoms with Crippen LogP contribution >= 0.6 is 0 Å². The Morgan fingerprint density at radius 2 is 1.84 bits per heavy atom. The number of nitrogens with one attached hydrogen (secondary N) is 1. The van der Waals surface area contributed by atoms with Gasteiger partial charge in [-0.15, -0.1) is 0 Å². The number of hydrogen-bond donors (Lipinski definition) is 2. The van der Waals surface area contributed by atoms with Gasteiger partial charge in [-0.05, 0) is 48.9 Å². The highest BCUT2D eigenvalue weighted by atomic mass is 16.3. The van der Waals surface area contributed by atoms with Crippen LogP contribution in [-0.2, 0) is 4.79 Å². The second kappa shape index (κ2) is 9.20. The second-order valence-electron chi connectivity index (χ2n) is 8.14. The molecule has 5 nitrogen and oxygen atoms in total. The Bertz CT molecular complexity index is 531. The van der Waals surface area contributed by atoms with Gasteiger partial charge in [-0.25, -0.2) is 0 Å². The second-order valence-corrected chi connectivity index (χ2v) is 8.14. The summed E-state index contributed by atoms with van der Waals surface area (Å²) >= 11 is 0. The molecule has 0 atom stereocenters. The smallest absolute Gasteiger partial charge is 0.238 e. The normalized spacial score (nSPS) is 15.0. The van der Waals surface area contributed by atoms with E-state index >= 15 is 0 Å². The van der Waals surface area contributed by atoms with Crippen molar-refractivity contribution in [1.82, 2.24) is 4.90 Å². The van der Waals surface area contributed by atoms with Gasteiger partial charge in [0.1, 0.15) is 0 Å². The minimum atomic E-state index is -0.00360. The molecule has 140 valence electrons. The average molecular weight is 348 g/mol. The quantitative estimate of drug-likeness (QED) is 0.759. The van der Waals surface area contributed by atoms with Crippen LogP contribution in [0, 0.1) is 5.41 Å². The maximum Gasteiger partial charge on any atom is 0.238 e. The molecule has 25 heavy (non-hydrogen) atoms. The lowest BCUT2D eigenvalue weighted by Gasteiger charge is -2.29. The number of aliphatic hydroxyl groups excluding tert-OH is 1. The summed E-state index contributed by atoms with van der Waals surface area (Å²) < 4.78 is 0. The number of hydrogen-bond acceptors (Lipinski definition) is 4. The van der Waals surface area contributed by atoms with E-state index in [9.17, 15) is 4.79 Å². The predicted octanol–water partition coefficient (Wildman–Crippen LogP) is 2.96. The summed E-state index contributed by atoms with van der Waals surface area (Å²) in [5.74, 6) is -0.00360. The van der Waals surface area contributed by atoms with Crippen molar-refractivity contribution in [2.45, 2.75) is 40.0 Å². The van der Waals surface area contributed by atoms with E-state index in [2.05, 4.69) is 48.0 Å². The van der Waals surface area contributed by atoms with Gasteiger partial charge in [-0.2, -0.15) is 0 Å². The molecule has 1 heterocycles. The Labute approximate surface area is 152 Å². The lowest BCUT2D eigenvalue weighted by Crippen LogP contribution is -2.39. The van der Waals surface area contributed by atoms with Crippen LogP contribution in [0.15, 0.2) is 24.3 Å². The van der Waals surface area contributed by atoms with Gasteiger partial charge in [0.05, 0.1) is 6.54 Å². The first-order valence-electron chi connectivity index (χ1n) is 9.35. The fourth-order valence-electron chi connectivity index (χ4n) is 3.31. The first-order valence-corrected chi connectivity index (χ1v) is 9.35. The molecular weight excluding hydrogens is 314 g/mol. The summed E-state index contributed by atoms with van der Waals surface area (Å²) in [6.45, 7) is 10.8. The molecule has 2 N–H and O–H groups in total. The monoisotopic (exact) mass is 347 g/mol. The molecular formula is C20H33N3O2. The van der Waals surface area contributed by atoms with Gasteiger partial charge >= 0.3 is 0 Å². The number of anilines is 2. The largest absolute Gasteiger partial charge is 0.396 e. The predicted molar refractivity (Wildman–Crippen MR) is 104 cm³/mol. The van der Waals surface area contributed by atoms with Crippen LogP contribution < -0.4 is 10.2 Å². The van der Waals surface area contributed by atoms with Crippen LogP contribution in [0.4, 0.5) is 11.4 Å². The van der Waals surface area contributed by atoms with Crippen LogP contribution in [0.1, 0.15) is 40.0 Å². The molecule has 1 saturated heterocycles. The summed E-state index contributed by atoms with van der Waals surface area (Å²) in [4.78, 5) is 16.9. The summed E-state index contributed by atoms with van der Waals surface area (Å²) in [6.07, 6.45) is 3.21. The summed E-state index contributed by atoms with van der Waals surface area (Å²) in [6, 6.07) is 8.12. The molecule has 1 aromatic rings. The average Bonchev–Trinajstić information content (AvgIpc) is 3.06. The molecule has 0 radical (unpaired) electrons. The van der Waals surface area contributed by atoms with E-state index in [1.165, 1.54) is 18.5 Å². The van der Waals surface area contributed by atoms with Crippen molar-refractivity contribution in [3.63, 3.8) is 0 Å². The third kappa shape index (κ3) is 7.04. The number of amides is 1. The molecule has 1 aliphatic rings. The number of benzene rings is 1. The van der Waals surface area contributed by atoms with E-state index in [-0.39, 0.29) is 17.9 Å². The zero-order valence-electron chi connectivity index (χ0n) is 15.9. The van der Waals surface area contributed by atoms with E-state index in [1.54, 1.807) is 0 Å². The highest BCUT2D eigenvalue weighted by Crippen LogP contribution is 2.22. The van der Waals surface area contributed by atoms with Crippen molar-refractivity contribution in [3.8, 4) is 0 Å². The lowest BCUT2D eigenvalue weighted by molar-refractivity contribution is -0.117. The number of carbonyl (C=O) groups excluding carboxylic acids is 1. The minimum absolute atomic E-state index is 0.00360. The molecule has 2 rings (SSSR count). The van der Waals surface area contributed by atoms with Crippen molar-refractivity contribution in [1.29, 1.82) is 0 Å². The third-order valence-corrected chi connectivity index (χ3v) is 4.32. The molecule has 5 heteroatoms. The van der Waals surface area contributed by atoms with Crippen molar-refractivity contribution in [3.05, 3.63) is 24.3 Å². The van der Waals surface area contributed by atoms with Gasteiger partial charge in [0.25, 0.3) is 0 Å². The van der Waals surface area contributed by atoms with Crippen LogP contribution in [0.2, 0.25) is 0 Å². The number of carbonyl (C=O) groups is 1. The first kappa shape index (κ1) is 19.7. The molecule has 0 bridgehead atoms. The van der Waals surface area contributed by atoms with Gasteiger partial charge in [-0.3, -0.25) is 9.69 Å². The number of nitrogens with zero attached hydrogens (tertiary/aromatic N) is 2. The maximum atomic E-state index is 12.4. The van der Waals surface area contributed by atoms with E-state index in [4.69, 9.17) is 5.11 Å². The van der Waals surface area contributed by atoms with Gasteiger partial charge < -0.3 is 15.3 Å². The van der Waals surface area contributed by atoms with Gasteiger partial charge in [0.2, 0.25) is 5.91 Å². The maximum absolute atomic E-state index is 12.4. The summed E-state index contributed by atoms with van der Waals surface area (Å²) in [7, 11) is 0. The highest BCUT2D eigenvalue weighted by Gasteiger charge is 2.19. The van der Waals surface area contributed by atoms with Gasteiger partial charge in [0, 0.05) is 44.2 Å². The topological polar surface area (TPSA) is 55.8 Å². The summed E-state index contributed by atoms with van der Waals surface area (Å²) in [5.41, 5.74) is 2.19. The molecule has 0 unspecified atom stereocenters. The Morgan fingerprint density at radius 3 is 2.40 bits per heavy atom. The van der Waals surface area contributed by atoms with Gasteiger partial charge in [0.15, 0.2) is 0 Å². The standard InChI is InChI=1S/C20H33N3O2/c1-20(2,3)16-22(11-6-14-24)15-19(25)21-17-7-9-18(10-8-17)23-12-4-5-13-23/h7-10,24H,4-6,11-16H2,1-3H3,(H,21,25). The lowest BCUT2D eigenvalue weighted by atomic mass is 9.96. The van der Waals surface area contributed by atoms with E-state index < -0.39 is 0 Å². The molecule has 0 spiro atoms. The zero-order valence-corrected chi connectivity index (χ0v) is 15.9. The van der Waals surface area contributed by atoms with Crippen LogP contribution in [0.25, 0.3) is 0 Å². The van der Waals surface area contributed by atoms with Crippen molar-refractivity contribution < 1.29 is 9.90 Å². The third-order valence-electron chi connectivity index (χ3n) is 4.32. The Kier molecular flexibility index (Phi) is 7.26. The van der Waals surface area contributed by atoms with Crippen LogP contribution in [-0.4, -0.2) is 55.2 Å². The van der Waals surface area contributed by atoms with Crippen molar-refractivity contribution in [2.75, 3.05) is 49.5 Å². The Hall–Kier alpha value is -1.59. The van der Waals surface area contributed by atoms with Gasteiger partial charge in [-0.1, -0.05) is 20.8 Å². The van der Waals surface area contributed by atoms with Crippen LogP contribution in [0.5, 0.6) is 0 Å². The number of aliphatic hydroxyl groups is 1. The number of rotatable bonds is 8. The molecule has 1 aliphatic heterocycles. The summed E-state index contributed by atoms with van der Waals surface area (Å²) in [5, 5.41) is 12.1.